The molecule has 8 heteroatoms. The lowest BCUT2D eigenvalue weighted by molar-refractivity contribution is -0.384. The van der Waals surface area contributed by atoms with Crippen molar-refractivity contribution in [2.24, 2.45) is 5.41 Å². The maximum absolute atomic E-state index is 14.6. The molecule has 1 fully saturated rings. The Bertz CT molecular complexity index is 1780. The summed E-state index contributed by atoms with van der Waals surface area (Å²) in [6.07, 6.45) is 3.75. The van der Waals surface area contributed by atoms with Crippen molar-refractivity contribution in [2.45, 2.75) is 18.0 Å². The third kappa shape index (κ3) is 3.47. The zero-order valence-electron chi connectivity index (χ0n) is 21.4. The van der Waals surface area contributed by atoms with Crippen LogP contribution in [-0.4, -0.2) is 34.4 Å². The molecule has 4 aromatic rings. The second-order valence-electron chi connectivity index (χ2n) is 10.5. The van der Waals surface area contributed by atoms with Crippen LogP contribution in [0.2, 0.25) is 0 Å². The SMILES string of the molecule is O=C(c1ccccc1)[C@H]1[C@H](c2ccc([N+](=O)[O-])cc2)C2(C(=O)c3ccccc3C2=O)C2C=Cc3cc(Br)ccc3N21. The fourth-order valence-electron chi connectivity index (χ4n) is 6.90. The van der Waals surface area contributed by atoms with E-state index in [1.54, 1.807) is 60.7 Å². The molecule has 0 N–H and O–H groups in total. The summed E-state index contributed by atoms with van der Waals surface area (Å²) in [7, 11) is 0. The first-order chi connectivity index (χ1) is 19.8. The molecular formula is C33H21BrN2O5. The number of halogens is 1. The number of fused-ring (bicyclic) bond motifs is 5. The van der Waals surface area contributed by atoms with Crippen LogP contribution in [0.5, 0.6) is 0 Å². The van der Waals surface area contributed by atoms with Gasteiger partial charge < -0.3 is 4.90 Å². The molecule has 2 heterocycles. The van der Waals surface area contributed by atoms with Crippen LogP contribution in [0.3, 0.4) is 0 Å². The van der Waals surface area contributed by atoms with Gasteiger partial charge in [0, 0.05) is 44.9 Å². The van der Waals surface area contributed by atoms with Crippen molar-refractivity contribution in [3.63, 3.8) is 0 Å². The summed E-state index contributed by atoms with van der Waals surface area (Å²) in [5.74, 6) is -1.85. The Morgan fingerprint density at radius 1 is 0.854 bits per heavy atom. The van der Waals surface area contributed by atoms with E-state index in [0.717, 1.165) is 15.7 Å². The van der Waals surface area contributed by atoms with Crippen LogP contribution in [0.1, 0.15) is 48.1 Å². The Balaban J connectivity index is 1.54. The number of ketones is 3. The summed E-state index contributed by atoms with van der Waals surface area (Å²) < 4.78 is 0.853. The van der Waals surface area contributed by atoms with E-state index in [0.29, 0.717) is 22.3 Å². The zero-order chi connectivity index (χ0) is 28.5. The number of nitro benzene ring substituents is 1. The maximum Gasteiger partial charge on any atom is 0.269 e. The van der Waals surface area contributed by atoms with E-state index in [2.05, 4.69) is 15.9 Å². The molecule has 7 rings (SSSR count). The number of benzene rings is 4. The maximum atomic E-state index is 14.6. The minimum Gasteiger partial charge on any atom is -0.352 e. The van der Waals surface area contributed by atoms with Crippen molar-refractivity contribution in [1.29, 1.82) is 0 Å². The van der Waals surface area contributed by atoms with Gasteiger partial charge in [0.1, 0.15) is 11.5 Å². The quantitative estimate of drug-likeness (QED) is 0.112. The molecule has 0 saturated carbocycles. The van der Waals surface area contributed by atoms with Gasteiger partial charge in [0.05, 0.1) is 11.0 Å². The molecule has 1 saturated heterocycles. The fraction of sp³-hybridized carbons (Fsp3) is 0.121. The standard InChI is InChI=1S/C33H21BrN2O5/c34-22-13-16-26-21(18-22)12-17-27-33(31(38)24-8-4-5-9-25(24)32(33)39)28(19-10-14-23(15-11-19)36(40)41)29(35(26)27)30(37)20-6-2-1-3-7-20/h1-18,27-29H/t27?,28-,29+/m0/s1. The molecule has 200 valence electrons. The zero-order valence-corrected chi connectivity index (χ0v) is 23.0. The van der Waals surface area contributed by atoms with E-state index in [9.17, 15) is 24.5 Å². The third-order valence-corrected chi connectivity index (χ3v) is 9.05. The highest BCUT2D eigenvalue weighted by atomic mass is 79.9. The van der Waals surface area contributed by atoms with Crippen LogP contribution in [0.15, 0.2) is 108 Å². The topological polar surface area (TPSA) is 97.6 Å². The smallest absolute Gasteiger partial charge is 0.269 e. The second-order valence-corrected chi connectivity index (χ2v) is 11.4. The molecule has 1 spiro atoms. The normalized spacial score (nSPS) is 21.5. The number of non-ortho nitro benzene ring substituents is 1. The van der Waals surface area contributed by atoms with Crippen molar-refractivity contribution < 1.29 is 19.3 Å². The van der Waals surface area contributed by atoms with Crippen LogP contribution in [-0.2, 0) is 0 Å². The Morgan fingerprint density at radius 3 is 2.12 bits per heavy atom. The molecule has 2 aliphatic heterocycles. The van der Waals surface area contributed by atoms with Crippen LogP contribution in [0.25, 0.3) is 6.08 Å². The van der Waals surface area contributed by atoms with E-state index in [4.69, 9.17) is 0 Å². The molecule has 1 aliphatic carbocycles. The highest BCUT2D eigenvalue weighted by Crippen LogP contribution is 2.61. The van der Waals surface area contributed by atoms with Gasteiger partial charge in [-0.15, -0.1) is 0 Å². The summed E-state index contributed by atoms with van der Waals surface area (Å²) in [5.41, 5.74) is 1.42. The summed E-state index contributed by atoms with van der Waals surface area (Å²) in [4.78, 5) is 56.7. The molecule has 4 aromatic carbocycles. The Labute approximate surface area is 243 Å². The number of hydrogen-bond donors (Lipinski definition) is 0. The minimum absolute atomic E-state index is 0.119. The van der Waals surface area contributed by atoms with Crippen molar-refractivity contribution in [3.05, 3.63) is 146 Å². The first-order valence-electron chi connectivity index (χ1n) is 13.1. The first-order valence-corrected chi connectivity index (χ1v) is 13.9. The van der Waals surface area contributed by atoms with E-state index in [1.165, 1.54) is 12.1 Å². The van der Waals surface area contributed by atoms with Gasteiger partial charge in [-0.05, 0) is 29.3 Å². The molecule has 0 bridgehead atoms. The third-order valence-electron chi connectivity index (χ3n) is 8.56. The molecule has 1 unspecified atom stereocenters. The van der Waals surface area contributed by atoms with E-state index in [-0.39, 0.29) is 23.0 Å². The molecule has 0 radical (unpaired) electrons. The fourth-order valence-corrected chi connectivity index (χ4v) is 7.28. The van der Waals surface area contributed by atoms with Gasteiger partial charge in [0.25, 0.3) is 5.69 Å². The number of nitrogens with zero attached hydrogens (tertiary/aromatic N) is 2. The van der Waals surface area contributed by atoms with Crippen LogP contribution in [0.4, 0.5) is 11.4 Å². The lowest BCUT2D eigenvalue weighted by Crippen LogP contribution is -2.48. The highest BCUT2D eigenvalue weighted by Gasteiger charge is 2.71. The van der Waals surface area contributed by atoms with Gasteiger partial charge >= 0.3 is 0 Å². The van der Waals surface area contributed by atoms with Gasteiger partial charge in [-0.25, -0.2) is 0 Å². The number of anilines is 1. The average Bonchev–Trinajstić information content (AvgIpc) is 3.43. The van der Waals surface area contributed by atoms with Crippen molar-refractivity contribution >= 4 is 50.7 Å². The lowest BCUT2D eigenvalue weighted by Gasteiger charge is -2.37. The summed E-state index contributed by atoms with van der Waals surface area (Å²) in [6.45, 7) is 0. The lowest BCUT2D eigenvalue weighted by atomic mass is 9.64. The van der Waals surface area contributed by atoms with Crippen molar-refractivity contribution in [2.75, 3.05) is 4.90 Å². The van der Waals surface area contributed by atoms with E-state index in [1.807, 2.05) is 41.3 Å². The van der Waals surface area contributed by atoms with Gasteiger partial charge in [0.15, 0.2) is 17.3 Å². The monoisotopic (exact) mass is 604 g/mol. The molecule has 3 aliphatic rings. The number of rotatable bonds is 4. The molecule has 0 aromatic heterocycles. The summed E-state index contributed by atoms with van der Waals surface area (Å²) in [5, 5.41) is 11.5. The van der Waals surface area contributed by atoms with E-state index >= 15 is 0 Å². The van der Waals surface area contributed by atoms with Gasteiger partial charge in [-0.2, -0.15) is 0 Å². The Kier molecular flexibility index (Phi) is 5.66. The highest BCUT2D eigenvalue weighted by molar-refractivity contribution is 9.10. The number of nitro groups is 1. The largest absolute Gasteiger partial charge is 0.352 e. The number of carbonyl (C=O) groups is 3. The predicted octanol–water partition coefficient (Wildman–Crippen LogP) is 6.67. The number of carbonyl (C=O) groups excluding carboxylic acids is 3. The second kappa shape index (κ2) is 9.17. The van der Waals surface area contributed by atoms with Crippen LogP contribution < -0.4 is 4.90 Å². The van der Waals surface area contributed by atoms with Crippen LogP contribution >= 0.6 is 15.9 Å². The average molecular weight is 605 g/mol. The number of Topliss-reactive ketones (excluding diaryl/α,β-unsaturated/α-hetero) is 3. The molecule has 7 nitrogen and oxygen atoms in total. The van der Waals surface area contributed by atoms with E-state index < -0.39 is 28.3 Å². The van der Waals surface area contributed by atoms with Gasteiger partial charge in [0.2, 0.25) is 0 Å². The molecule has 3 atom stereocenters. The summed E-state index contributed by atoms with van der Waals surface area (Å²) in [6, 6.07) is 25.5. The Morgan fingerprint density at radius 2 is 1.49 bits per heavy atom. The molecule has 0 amide bonds. The van der Waals surface area contributed by atoms with Gasteiger partial charge in [-0.3, -0.25) is 24.5 Å². The predicted molar refractivity (Wildman–Crippen MR) is 157 cm³/mol. The Hall–Kier alpha value is -4.69. The number of hydrogen-bond acceptors (Lipinski definition) is 6. The molecular weight excluding hydrogens is 584 g/mol. The van der Waals surface area contributed by atoms with Crippen molar-refractivity contribution in [1.82, 2.24) is 0 Å². The first kappa shape index (κ1) is 25.3. The van der Waals surface area contributed by atoms with Crippen molar-refractivity contribution in [3.8, 4) is 0 Å². The summed E-state index contributed by atoms with van der Waals surface area (Å²) >= 11 is 3.53. The van der Waals surface area contributed by atoms with Crippen LogP contribution in [0, 0.1) is 15.5 Å². The molecule has 41 heavy (non-hydrogen) atoms. The van der Waals surface area contributed by atoms with Gasteiger partial charge in [-0.1, -0.05) is 94.8 Å². The minimum atomic E-state index is -1.66.